The first-order valence-electron chi connectivity index (χ1n) is 8.29. The van der Waals surface area contributed by atoms with Crippen LogP contribution < -0.4 is 4.90 Å². The first-order chi connectivity index (χ1) is 11.6. The van der Waals surface area contributed by atoms with Crippen LogP contribution in [0.4, 0.5) is 5.69 Å². The van der Waals surface area contributed by atoms with Gasteiger partial charge < -0.3 is 4.90 Å². The van der Waals surface area contributed by atoms with Crippen LogP contribution in [0.3, 0.4) is 0 Å². The van der Waals surface area contributed by atoms with Crippen LogP contribution in [-0.2, 0) is 6.54 Å². The second-order valence-corrected chi connectivity index (χ2v) is 7.16. The fraction of sp³-hybridized carbons (Fsp3) is 0.389. The zero-order valence-electron chi connectivity index (χ0n) is 13.9. The molecule has 3 heterocycles. The van der Waals surface area contributed by atoms with Crippen LogP contribution in [0.15, 0.2) is 36.8 Å². The molecule has 2 aromatic heterocycles. The van der Waals surface area contributed by atoms with Gasteiger partial charge in [0.1, 0.15) is 5.15 Å². The molecule has 5 nitrogen and oxygen atoms in total. The molecule has 0 unspecified atom stereocenters. The quantitative estimate of drug-likeness (QED) is 0.678. The minimum Gasteiger partial charge on any atom is -0.370 e. The lowest BCUT2D eigenvalue weighted by atomic mass is 9.93. The molecule has 124 valence electrons. The van der Waals surface area contributed by atoms with Crippen molar-refractivity contribution in [1.29, 1.82) is 0 Å². The van der Waals surface area contributed by atoms with E-state index < -0.39 is 0 Å². The lowest BCUT2D eigenvalue weighted by Gasteiger charge is -2.41. The summed E-state index contributed by atoms with van der Waals surface area (Å²) < 4.78 is 1.91. The predicted molar refractivity (Wildman–Crippen MR) is 96.6 cm³/mol. The van der Waals surface area contributed by atoms with Crippen molar-refractivity contribution >= 4 is 28.1 Å². The summed E-state index contributed by atoms with van der Waals surface area (Å²) in [4.78, 5) is 6.71. The Hall–Kier alpha value is -2.14. The molecular weight excluding hydrogens is 322 g/mol. The molecule has 0 radical (unpaired) electrons. The number of benzene rings is 1. The summed E-state index contributed by atoms with van der Waals surface area (Å²) in [5, 5.41) is 10.9. The highest BCUT2D eigenvalue weighted by Crippen LogP contribution is 2.36. The summed E-state index contributed by atoms with van der Waals surface area (Å²) >= 11 is 6.14. The number of nitrogens with zero attached hydrogens (tertiary/aromatic N) is 5. The predicted octanol–water partition coefficient (Wildman–Crippen LogP) is 3.74. The van der Waals surface area contributed by atoms with Crippen LogP contribution in [0.25, 0.3) is 10.8 Å². The Bertz CT molecular complexity index is 853. The Morgan fingerprint density at radius 2 is 2.08 bits per heavy atom. The summed E-state index contributed by atoms with van der Waals surface area (Å²) in [7, 11) is 0. The topological polar surface area (TPSA) is 46.8 Å². The number of pyridine rings is 1. The van der Waals surface area contributed by atoms with Crippen LogP contribution >= 0.6 is 11.6 Å². The van der Waals surface area contributed by atoms with Gasteiger partial charge in [-0.1, -0.05) is 36.7 Å². The number of aromatic nitrogens is 4. The Morgan fingerprint density at radius 1 is 1.25 bits per heavy atom. The minimum absolute atomic E-state index is 0.455. The van der Waals surface area contributed by atoms with Crippen LogP contribution in [-0.4, -0.2) is 33.1 Å². The van der Waals surface area contributed by atoms with Gasteiger partial charge in [-0.2, -0.15) is 0 Å². The van der Waals surface area contributed by atoms with E-state index in [4.69, 9.17) is 11.6 Å². The number of fused-ring (bicyclic) bond motifs is 1. The summed E-state index contributed by atoms with van der Waals surface area (Å²) in [6.45, 7) is 7.39. The van der Waals surface area contributed by atoms with Crippen molar-refractivity contribution in [2.75, 3.05) is 18.0 Å². The highest BCUT2D eigenvalue weighted by Gasteiger charge is 2.29. The zero-order chi connectivity index (χ0) is 16.7. The third-order valence-corrected chi connectivity index (χ3v) is 4.92. The highest BCUT2D eigenvalue weighted by molar-refractivity contribution is 6.30. The second kappa shape index (κ2) is 6.06. The second-order valence-electron chi connectivity index (χ2n) is 6.78. The van der Waals surface area contributed by atoms with Gasteiger partial charge in [0.05, 0.1) is 6.20 Å². The van der Waals surface area contributed by atoms with E-state index in [0.717, 1.165) is 19.6 Å². The summed E-state index contributed by atoms with van der Waals surface area (Å²) in [5.41, 5.74) is 2.56. The third-order valence-electron chi connectivity index (χ3n) is 4.72. The molecule has 1 aromatic carbocycles. The van der Waals surface area contributed by atoms with Crippen molar-refractivity contribution in [3.8, 4) is 0 Å². The number of hydrogen-bond donors (Lipinski definition) is 0. The first kappa shape index (κ1) is 15.4. The minimum atomic E-state index is 0.455. The molecule has 24 heavy (non-hydrogen) atoms. The largest absolute Gasteiger partial charge is 0.370 e. The van der Waals surface area contributed by atoms with Gasteiger partial charge >= 0.3 is 0 Å². The lowest BCUT2D eigenvalue weighted by Crippen LogP contribution is -2.48. The van der Waals surface area contributed by atoms with Crippen molar-refractivity contribution < 1.29 is 0 Å². The van der Waals surface area contributed by atoms with Gasteiger partial charge in [-0.3, -0.25) is 4.68 Å². The Balaban J connectivity index is 1.60. The van der Waals surface area contributed by atoms with Gasteiger partial charge in [0.2, 0.25) is 0 Å². The van der Waals surface area contributed by atoms with Crippen molar-refractivity contribution in [2.24, 2.45) is 5.92 Å². The molecule has 0 atom stereocenters. The maximum absolute atomic E-state index is 6.14. The number of rotatable bonds is 4. The number of halogens is 1. The molecule has 1 aliphatic rings. The van der Waals surface area contributed by atoms with Gasteiger partial charge in [-0.25, -0.2) is 4.98 Å². The molecule has 0 amide bonds. The molecule has 1 aliphatic heterocycles. The molecule has 0 bridgehead atoms. The van der Waals surface area contributed by atoms with Crippen LogP contribution in [0.1, 0.15) is 25.3 Å². The molecule has 1 saturated heterocycles. The zero-order valence-corrected chi connectivity index (χ0v) is 14.6. The molecule has 0 aliphatic carbocycles. The number of anilines is 1. The maximum atomic E-state index is 6.14. The van der Waals surface area contributed by atoms with Crippen molar-refractivity contribution in [3.63, 3.8) is 0 Å². The van der Waals surface area contributed by atoms with Crippen LogP contribution in [0, 0.1) is 5.92 Å². The van der Waals surface area contributed by atoms with Gasteiger partial charge in [-0.15, -0.1) is 5.10 Å². The van der Waals surface area contributed by atoms with Crippen molar-refractivity contribution in [3.05, 3.63) is 47.5 Å². The van der Waals surface area contributed by atoms with E-state index in [1.54, 1.807) is 6.20 Å². The molecule has 6 heteroatoms. The monoisotopic (exact) mass is 341 g/mol. The molecule has 0 spiro atoms. The summed E-state index contributed by atoms with van der Waals surface area (Å²) in [6, 6.07) is 6.44. The first-order valence-corrected chi connectivity index (χ1v) is 8.67. The van der Waals surface area contributed by atoms with E-state index in [2.05, 4.69) is 46.2 Å². The normalized spacial score (nSPS) is 15.2. The fourth-order valence-electron chi connectivity index (χ4n) is 3.48. The number of hydrogen-bond acceptors (Lipinski definition) is 4. The van der Waals surface area contributed by atoms with E-state index in [-0.39, 0.29) is 0 Å². The maximum Gasteiger partial charge on any atom is 0.129 e. The SMILES string of the molecule is CC(C)c1ccc(N2CC(Cn3ccnn3)C2)c2cnc(Cl)cc12. The third kappa shape index (κ3) is 2.73. The van der Waals surface area contributed by atoms with E-state index in [1.807, 2.05) is 23.1 Å². The van der Waals surface area contributed by atoms with E-state index in [9.17, 15) is 0 Å². The summed E-state index contributed by atoms with van der Waals surface area (Å²) in [5.74, 6) is 1.06. The highest BCUT2D eigenvalue weighted by atomic mass is 35.5. The van der Waals surface area contributed by atoms with Crippen molar-refractivity contribution in [2.45, 2.75) is 26.3 Å². The van der Waals surface area contributed by atoms with Crippen LogP contribution in [0.2, 0.25) is 5.15 Å². The Labute approximate surface area is 146 Å². The molecule has 0 N–H and O–H groups in total. The Morgan fingerprint density at radius 3 is 2.79 bits per heavy atom. The molecule has 3 aromatic rings. The smallest absolute Gasteiger partial charge is 0.129 e. The van der Waals surface area contributed by atoms with Crippen molar-refractivity contribution in [1.82, 2.24) is 20.0 Å². The standard InChI is InChI=1S/C18H20ClN5/c1-12(2)14-3-4-17(16-8-20-18(19)7-15(14)16)23-9-13(10-23)11-24-6-5-21-22-24/h3-8,12-13H,9-11H2,1-2H3. The molecule has 0 saturated carbocycles. The van der Waals surface area contributed by atoms with Gasteiger partial charge in [0.15, 0.2) is 0 Å². The Kier molecular flexibility index (Phi) is 3.88. The van der Waals surface area contributed by atoms with E-state index in [1.165, 1.54) is 22.0 Å². The summed E-state index contributed by atoms with van der Waals surface area (Å²) in [6.07, 6.45) is 5.55. The van der Waals surface area contributed by atoms with Gasteiger partial charge in [-0.05, 0) is 29.0 Å². The van der Waals surface area contributed by atoms with Crippen LogP contribution in [0.5, 0.6) is 0 Å². The van der Waals surface area contributed by atoms with Gasteiger partial charge in [0.25, 0.3) is 0 Å². The average Bonchev–Trinajstić information content (AvgIpc) is 3.02. The molecule has 4 rings (SSSR count). The van der Waals surface area contributed by atoms with E-state index in [0.29, 0.717) is 17.0 Å². The average molecular weight is 342 g/mol. The van der Waals surface area contributed by atoms with E-state index >= 15 is 0 Å². The lowest BCUT2D eigenvalue weighted by molar-refractivity contribution is 0.339. The molecular formula is C18H20ClN5. The molecule has 1 fully saturated rings. The van der Waals surface area contributed by atoms with Gasteiger partial charge in [0, 0.05) is 49.0 Å². The fourth-order valence-corrected chi connectivity index (χ4v) is 3.63.